The summed E-state index contributed by atoms with van der Waals surface area (Å²) in [5.41, 5.74) is 1.20. The number of nitrogens with zero attached hydrogens (tertiary/aromatic N) is 2. The Morgan fingerprint density at radius 2 is 1.68 bits per heavy atom. The number of nitro groups is 1. The van der Waals surface area contributed by atoms with Crippen LogP contribution in [0.1, 0.15) is 41.1 Å². The van der Waals surface area contributed by atoms with Crippen molar-refractivity contribution < 1.29 is 33.6 Å². The topological polar surface area (TPSA) is 145 Å². The highest BCUT2D eigenvalue weighted by Gasteiger charge is 2.50. The molecule has 1 aliphatic carbocycles. The van der Waals surface area contributed by atoms with Crippen molar-refractivity contribution in [3.63, 3.8) is 0 Å². The summed E-state index contributed by atoms with van der Waals surface area (Å²) < 4.78 is 10.1. The molecule has 5 rings (SSSR count). The minimum Gasteiger partial charge on any atom is -0.497 e. The predicted octanol–water partition coefficient (Wildman–Crippen LogP) is 4.47. The van der Waals surface area contributed by atoms with Gasteiger partial charge in [0.25, 0.3) is 11.6 Å². The molecule has 210 valence electrons. The standard InChI is InChI=1S/C30H27N3O8/c1-40-22-12-14-26(33(38)39)25(16-22)31-27(34)17-41-30(37)19-7-10-21(11-8-19)32-28(35)23-13-9-20(15-24(23)29(32)36)18-5-3-2-4-6-18/h2-8,10-12,14,16,20,23-24H,9,13,15,17H2,1H3,(H,31,34)/t20-,23-,24-/m1/s1. The number of carbonyl (C=O) groups excluding carboxylic acids is 4. The first-order chi connectivity index (χ1) is 19.8. The summed E-state index contributed by atoms with van der Waals surface area (Å²) in [5.74, 6) is -2.28. The lowest BCUT2D eigenvalue weighted by atomic mass is 9.73. The van der Waals surface area contributed by atoms with E-state index >= 15 is 0 Å². The number of benzene rings is 3. The van der Waals surface area contributed by atoms with Crippen molar-refractivity contribution in [2.24, 2.45) is 11.8 Å². The van der Waals surface area contributed by atoms with Crippen LogP contribution in [0.5, 0.6) is 5.75 Å². The van der Waals surface area contributed by atoms with Crippen molar-refractivity contribution in [3.8, 4) is 5.75 Å². The van der Waals surface area contributed by atoms with Gasteiger partial charge in [-0.05, 0) is 61.1 Å². The SMILES string of the molecule is COc1ccc([N+](=O)[O-])c(NC(=O)COC(=O)c2ccc(N3C(=O)[C@@H]4CC[C@@H](c5ccccc5)C[C@H]4C3=O)cc2)c1. The summed E-state index contributed by atoms with van der Waals surface area (Å²) in [4.78, 5) is 63.1. The molecular weight excluding hydrogens is 530 g/mol. The van der Waals surface area contributed by atoms with Gasteiger partial charge in [-0.25, -0.2) is 4.79 Å². The van der Waals surface area contributed by atoms with Gasteiger partial charge in [0.05, 0.1) is 35.1 Å². The van der Waals surface area contributed by atoms with Gasteiger partial charge in [-0.15, -0.1) is 0 Å². The molecule has 11 heteroatoms. The second-order valence-corrected chi connectivity index (χ2v) is 9.96. The molecule has 2 fully saturated rings. The number of esters is 1. The van der Waals surface area contributed by atoms with E-state index in [0.717, 1.165) is 6.42 Å². The zero-order chi connectivity index (χ0) is 29.1. The largest absolute Gasteiger partial charge is 0.497 e. The second-order valence-electron chi connectivity index (χ2n) is 9.96. The molecule has 1 N–H and O–H groups in total. The van der Waals surface area contributed by atoms with Gasteiger partial charge < -0.3 is 14.8 Å². The van der Waals surface area contributed by atoms with Crippen molar-refractivity contribution in [3.05, 3.63) is 94.0 Å². The van der Waals surface area contributed by atoms with Crippen LogP contribution < -0.4 is 15.0 Å². The Hall–Kier alpha value is -5.06. The van der Waals surface area contributed by atoms with E-state index in [-0.39, 0.29) is 46.5 Å². The summed E-state index contributed by atoms with van der Waals surface area (Å²) in [6.45, 7) is -0.690. The number of nitrogens with one attached hydrogen (secondary N) is 1. The average Bonchev–Trinajstić information content (AvgIpc) is 3.24. The van der Waals surface area contributed by atoms with Gasteiger partial charge in [-0.2, -0.15) is 0 Å². The third-order valence-electron chi connectivity index (χ3n) is 7.57. The third-order valence-corrected chi connectivity index (χ3v) is 7.57. The summed E-state index contributed by atoms with van der Waals surface area (Å²) in [6.07, 6.45) is 2.08. The highest BCUT2D eigenvalue weighted by Crippen LogP contribution is 2.45. The molecular formula is C30H27N3O8. The molecule has 0 spiro atoms. The molecule has 2 aliphatic rings. The van der Waals surface area contributed by atoms with Gasteiger partial charge in [-0.3, -0.25) is 29.4 Å². The molecule has 0 bridgehead atoms. The minimum absolute atomic E-state index is 0.102. The lowest BCUT2D eigenvalue weighted by molar-refractivity contribution is -0.383. The number of carbonyl (C=O) groups is 4. The maximum atomic E-state index is 13.3. The molecule has 1 saturated carbocycles. The molecule has 11 nitrogen and oxygen atoms in total. The Morgan fingerprint density at radius 3 is 2.37 bits per heavy atom. The molecule has 0 unspecified atom stereocenters. The number of rotatable bonds is 8. The molecule has 41 heavy (non-hydrogen) atoms. The molecule has 1 saturated heterocycles. The Morgan fingerprint density at radius 1 is 0.976 bits per heavy atom. The van der Waals surface area contributed by atoms with E-state index in [1.165, 1.54) is 60.0 Å². The van der Waals surface area contributed by atoms with Crippen LogP contribution in [0.15, 0.2) is 72.8 Å². The maximum Gasteiger partial charge on any atom is 0.338 e. The highest BCUT2D eigenvalue weighted by molar-refractivity contribution is 6.22. The fraction of sp³-hybridized carbons (Fsp3) is 0.267. The number of nitro benzene ring substituents is 1. The number of hydrogen-bond donors (Lipinski definition) is 1. The first kappa shape index (κ1) is 27.5. The number of imide groups is 1. The number of fused-ring (bicyclic) bond motifs is 1. The van der Waals surface area contributed by atoms with Gasteiger partial charge in [-0.1, -0.05) is 30.3 Å². The Balaban J connectivity index is 1.20. The fourth-order valence-electron chi connectivity index (χ4n) is 5.51. The molecule has 3 aromatic rings. The monoisotopic (exact) mass is 557 g/mol. The van der Waals surface area contributed by atoms with Crippen molar-refractivity contribution >= 4 is 40.8 Å². The van der Waals surface area contributed by atoms with E-state index in [0.29, 0.717) is 24.3 Å². The molecule has 1 heterocycles. The van der Waals surface area contributed by atoms with E-state index in [1.54, 1.807) is 0 Å². The van der Waals surface area contributed by atoms with E-state index < -0.39 is 23.4 Å². The van der Waals surface area contributed by atoms with Crippen molar-refractivity contribution in [1.29, 1.82) is 0 Å². The molecule has 0 aromatic heterocycles. The van der Waals surface area contributed by atoms with Gasteiger partial charge >= 0.3 is 5.97 Å². The second kappa shape index (κ2) is 11.6. The average molecular weight is 558 g/mol. The van der Waals surface area contributed by atoms with E-state index in [1.807, 2.05) is 30.3 Å². The smallest absolute Gasteiger partial charge is 0.338 e. The first-order valence-electron chi connectivity index (χ1n) is 13.1. The zero-order valence-electron chi connectivity index (χ0n) is 22.1. The molecule has 3 aromatic carbocycles. The Kier molecular flexibility index (Phi) is 7.77. The van der Waals surface area contributed by atoms with Crippen LogP contribution in [0, 0.1) is 22.0 Å². The maximum absolute atomic E-state index is 13.3. The predicted molar refractivity (Wildman–Crippen MR) is 148 cm³/mol. The van der Waals surface area contributed by atoms with Crippen LogP contribution in [0.2, 0.25) is 0 Å². The van der Waals surface area contributed by atoms with Gasteiger partial charge in [0.2, 0.25) is 11.8 Å². The van der Waals surface area contributed by atoms with Crippen LogP contribution in [-0.4, -0.2) is 42.3 Å². The highest BCUT2D eigenvalue weighted by atomic mass is 16.6. The fourth-order valence-corrected chi connectivity index (χ4v) is 5.51. The number of hydrogen-bond acceptors (Lipinski definition) is 8. The van der Waals surface area contributed by atoms with Gasteiger partial charge in [0, 0.05) is 12.1 Å². The normalized spacial score (nSPS) is 19.8. The van der Waals surface area contributed by atoms with E-state index in [2.05, 4.69) is 5.32 Å². The summed E-state index contributed by atoms with van der Waals surface area (Å²) in [6, 6.07) is 19.7. The van der Waals surface area contributed by atoms with Crippen LogP contribution >= 0.6 is 0 Å². The molecule has 3 atom stereocenters. The first-order valence-corrected chi connectivity index (χ1v) is 13.1. The summed E-state index contributed by atoms with van der Waals surface area (Å²) >= 11 is 0. The summed E-state index contributed by atoms with van der Waals surface area (Å²) in [7, 11) is 1.38. The van der Waals surface area contributed by atoms with E-state index in [4.69, 9.17) is 9.47 Å². The lowest BCUT2D eigenvalue weighted by Gasteiger charge is -2.28. The molecule has 3 amide bonds. The van der Waals surface area contributed by atoms with Crippen LogP contribution in [0.25, 0.3) is 0 Å². The van der Waals surface area contributed by atoms with Crippen LogP contribution in [-0.2, 0) is 19.1 Å². The number of amides is 3. The van der Waals surface area contributed by atoms with Crippen LogP contribution in [0.3, 0.4) is 0 Å². The van der Waals surface area contributed by atoms with E-state index in [9.17, 15) is 29.3 Å². The van der Waals surface area contributed by atoms with Crippen molar-refractivity contribution in [2.45, 2.75) is 25.2 Å². The lowest BCUT2D eigenvalue weighted by Crippen LogP contribution is -2.30. The van der Waals surface area contributed by atoms with Crippen LogP contribution in [0.4, 0.5) is 17.1 Å². The van der Waals surface area contributed by atoms with Crippen molar-refractivity contribution in [1.82, 2.24) is 0 Å². The van der Waals surface area contributed by atoms with Gasteiger partial charge in [0.1, 0.15) is 11.4 Å². The molecule has 1 aliphatic heterocycles. The number of ether oxygens (including phenoxy) is 2. The quantitative estimate of drug-likeness (QED) is 0.185. The Labute approximate surface area is 235 Å². The Bertz CT molecular complexity index is 1510. The third kappa shape index (κ3) is 5.65. The summed E-state index contributed by atoms with van der Waals surface area (Å²) in [5, 5.41) is 13.6. The number of anilines is 2. The minimum atomic E-state index is -0.815. The zero-order valence-corrected chi connectivity index (χ0v) is 22.1. The number of methoxy groups -OCH3 is 1. The van der Waals surface area contributed by atoms with Gasteiger partial charge in [0.15, 0.2) is 6.61 Å². The van der Waals surface area contributed by atoms with Crippen molar-refractivity contribution in [2.75, 3.05) is 23.9 Å². The molecule has 0 radical (unpaired) electrons.